The highest BCUT2D eigenvalue weighted by Gasteiger charge is 2.24. The molecule has 132 valence electrons. The lowest BCUT2D eigenvalue weighted by Gasteiger charge is -2.11. The summed E-state index contributed by atoms with van der Waals surface area (Å²) >= 11 is 0. The van der Waals surface area contributed by atoms with Crippen molar-refractivity contribution in [1.29, 1.82) is 0 Å². The number of ether oxygens (including phenoxy) is 1. The van der Waals surface area contributed by atoms with E-state index in [0.29, 0.717) is 28.0 Å². The zero-order valence-electron chi connectivity index (χ0n) is 14.7. The molecule has 1 heterocycles. The molecule has 0 N–H and O–H groups in total. The standard InChI is InChI=1S/C22H20O4/c1-14-20(15-7-3-2-4-8-15)21(23)18-12-11-17(13-19(18)25-14)26-22(24)16-9-5-6-10-16/h2-4,7-8,11-13,16H,5-6,9-10H2,1H3. The molecule has 1 fully saturated rings. The number of hydrogen-bond acceptors (Lipinski definition) is 4. The van der Waals surface area contributed by atoms with Gasteiger partial charge < -0.3 is 9.15 Å². The third-order valence-electron chi connectivity index (χ3n) is 5.01. The Morgan fingerprint density at radius 3 is 2.54 bits per heavy atom. The molecule has 1 aliphatic rings. The van der Waals surface area contributed by atoms with Crippen LogP contribution in [0.15, 0.2) is 57.7 Å². The van der Waals surface area contributed by atoms with Gasteiger partial charge in [-0.25, -0.2) is 0 Å². The Bertz CT molecular complexity index is 1010. The maximum absolute atomic E-state index is 12.9. The monoisotopic (exact) mass is 348 g/mol. The zero-order chi connectivity index (χ0) is 18.1. The van der Waals surface area contributed by atoms with Crippen molar-refractivity contribution in [3.8, 4) is 16.9 Å². The molecule has 1 aliphatic carbocycles. The molecule has 26 heavy (non-hydrogen) atoms. The second-order valence-electron chi connectivity index (χ2n) is 6.79. The second kappa shape index (κ2) is 6.79. The van der Waals surface area contributed by atoms with E-state index in [4.69, 9.17) is 9.15 Å². The third kappa shape index (κ3) is 3.03. The minimum atomic E-state index is -0.193. The molecule has 0 radical (unpaired) electrons. The number of carbonyl (C=O) groups is 1. The summed E-state index contributed by atoms with van der Waals surface area (Å²) in [5.41, 5.74) is 1.75. The Balaban J connectivity index is 1.71. The van der Waals surface area contributed by atoms with Crippen LogP contribution in [-0.4, -0.2) is 5.97 Å². The first-order valence-corrected chi connectivity index (χ1v) is 8.98. The normalized spacial score (nSPS) is 14.7. The Morgan fingerprint density at radius 2 is 1.81 bits per heavy atom. The SMILES string of the molecule is Cc1oc2cc(OC(=O)C3CCCC3)ccc2c(=O)c1-c1ccccc1. The van der Waals surface area contributed by atoms with Crippen molar-refractivity contribution in [3.05, 3.63) is 64.5 Å². The molecule has 1 aromatic heterocycles. The Labute approximate surface area is 151 Å². The number of benzene rings is 2. The molecule has 0 spiro atoms. The number of fused-ring (bicyclic) bond motifs is 1. The van der Waals surface area contributed by atoms with Gasteiger partial charge in [-0.2, -0.15) is 0 Å². The number of esters is 1. The van der Waals surface area contributed by atoms with Crippen LogP contribution in [-0.2, 0) is 4.79 Å². The van der Waals surface area contributed by atoms with E-state index in [1.807, 2.05) is 30.3 Å². The average molecular weight is 348 g/mol. The van der Waals surface area contributed by atoms with Crippen molar-refractivity contribution >= 4 is 16.9 Å². The first-order chi connectivity index (χ1) is 12.6. The van der Waals surface area contributed by atoms with Gasteiger partial charge in [-0.3, -0.25) is 9.59 Å². The second-order valence-corrected chi connectivity index (χ2v) is 6.79. The van der Waals surface area contributed by atoms with Gasteiger partial charge in [0.15, 0.2) is 0 Å². The first kappa shape index (κ1) is 16.6. The maximum Gasteiger partial charge on any atom is 0.314 e. The van der Waals surface area contributed by atoms with Gasteiger partial charge in [0.25, 0.3) is 0 Å². The highest BCUT2D eigenvalue weighted by Crippen LogP contribution is 2.29. The quantitative estimate of drug-likeness (QED) is 0.501. The molecular weight excluding hydrogens is 328 g/mol. The van der Waals surface area contributed by atoms with Gasteiger partial charge in [0.2, 0.25) is 5.43 Å². The minimum absolute atomic E-state index is 0.0140. The van der Waals surface area contributed by atoms with Gasteiger partial charge in [-0.15, -0.1) is 0 Å². The number of hydrogen-bond donors (Lipinski definition) is 0. The van der Waals surface area contributed by atoms with Crippen LogP contribution in [0.2, 0.25) is 0 Å². The van der Waals surface area contributed by atoms with Gasteiger partial charge in [0, 0.05) is 6.07 Å². The van der Waals surface area contributed by atoms with E-state index < -0.39 is 0 Å². The molecule has 1 saturated carbocycles. The van der Waals surface area contributed by atoms with Crippen LogP contribution in [0.3, 0.4) is 0 Å². The summed E-state index contributed by atoms with van der Waals surface area (Å²) in [6.45, 7) is 1.78. The molecule has 4 nitrogen and oxygen atoms in total. The van der Waals surface area contributed by atoms with E-state index in [1.54, 1.807) is 25.1 Å². The summed E-state index contributed by atoms with van der Waals surface area (Å²) in [6.07, 6.45) is 3.93. The first-order valence-electron chi connectivity index (χ1n) is 8.98. The van der Waals surface area contributed by atoms with Crippen molar-refractivity contribution in [2.45, 2.75) is 32.6 Å². The Hall–Kier alpha value is -2.88. The fraction of sp³-hybridized carbons (Fsp3) is 0.273. The van der Waals surface area contributed by atoms with Crippen molar-refractivity contribution in [3.63, 3.8) is 0 Å². The minimum Gasteiger partial charge on any atom is -0.460 e. The summed E-state index contributed by atoms with van der Waals surface area (Å²) in [4.78, 5) is 25.1. The van der Waals surface area contributed by atoms with E-state index in [1.165, 1.54) is 0 Å². The fourth-order valence-electron chi connectivity index (χ4n) is 3.65. The average Bonchev–Trinajstić information content (AvgIpc) is 3.17. The lowest BCUT2D eigenvalue weighted by atomic mass is 10.0. The molecule has 2 aromatic carbocycles. The van der Waals surface area contributed by atoms with Crippen LogP contribution >= 0.6 is 0 Å². The summed E-state index contributed by atoms with van der Waals surface area (Å²) in [7, 11) is 0. The Morgan fingerprint density at radius 1 is 1.08 bits per heavy atom. The molecule has 3 aromatic rings. The predicted molar refractivity (Wildman–Crippen MR) is 100 cm³/mol. The van der Waals surface area contributed by atoms with Crippen molar-refractivity contribution in [2.75, 3.05) is 0 Å². The van der Waals surface area contributed by atoms with Gasteiger partial charge in [-0.1, -0.05) is 43.2 Å². The maximum atomic E-state index is 12.9. The number of carbonyl (C=O) groups excluding carboxylic acids is 1. The molecule has 0 bridgehead atoms. The van der Waals surface area contributed by atoms with E-state index in [2.05, 4.69) is 0 Å². The molecule has 0 aliphatic heterocycles. The molecule has 0 atom stereocenters. The van der Waals surface area contributed by atoms with Crippen LogP contribution in [0, 0.1) is 12.8 Å². The van der Waals surface area contributed by atoms with E-state index >= 15 is 0 Å². The lowest BCUT2D eigenvalue weighted by molar-refractivity contribution is -0.138. The summed E-state index contributed by atoms with van der Waals surface area (Å²) in [6, 6.07) is 14.4. The number of rotatable bonds is 3. The molecule has 0 saturated heterocycles. The van der Waals surface area contributed by atoms with Gasteiger partial charge in [0.05, 0.1) is 16.9 Å². The van der Waals surface area contributed by atoms with Gasteiger partial charge in [0.1, 0.15) is 17.1 Å². The topological polar surface area (TPSA) is 56.5 Å². The summed E-state index contributed by atoms with van der Waals surface area (Å²) in [5.74, 6) is 0.763. The van der Waals surface area contributed by atoms with Crippen LogP contribution in [0.1, 0.15) is 31.4 Å². The lowest BCUT2D eigenvalue weighted by Crippen LogP contribution is -2.17. The third-order valence-corrected chi connectivity index (χ3v) is 5.01. The van der Waals surface area contributed by atoms with Crippen LogP contribution in [0.25, 0.3) is 22.1 Å². The fourth-order valence-corrected chi connectivity index (χ4v) is 3.65. The molecule has 0 unspecified atom stereocenters. The van der Waals surface area contributed by atoms with E-state index in [0.717, 1.165) is 31.2 Å². The number of aryl methyl sites for hydroxylation is 1. The van der Waals surface area contributed by atoms with Crippen molar-refractivity contribution < 1.29 is 13.9 Å². The zero-order valence-corrected chi connectivity index (χ0v) is 14.7. The van der Waals surface area contributed by atoms with E-state index in [9.17, 15) is 9.59 Å². The predicted octanol–water partition coefficient (Wildman–Crippen LogP) is 4.86. The van der Waals surface area contributed by atoms with Gasteiger partial charge >= 0.3 is 5.97 Å². The van der Waals surface area contributed by atoms with Crippen molar-refractivity contribution in [2.24, 2.45) is 5.92 Å². The molecule has 4 heteroatoms. The Kier molecular flexibility index (Phi) is 4.33. The van der Waals surface area contributed by atoms with Crippen LogP contribution in [0.5, 0.6) is 5.75 Å². The largest absolute Gasteiger partial charge is 0.460 e. The van der Waals surface area contributed by atoms with E-state index in [-0.39, 0.29) is 17.3 Å². The molecule has 4 rings (SSSR count). The highest BCUT2D eigenvalue weighted by atomic mass is 16.5. The summed E-state index contributed by atoms with van der Waals surface area (Å²) in [5, 5.41) is 0.482. The van der Waals surface area contributed by atoms with Crippen LogP contribution in [0.4, 0.5) is 0 Å². The highest BCUT2D eigenvalue weighted by molar-refractivity contribution is 5.84. The molecular formula is C22H20O4. The molecule has 0 amide bonds. The van der Waals surface area contributed by atoms with Crippen LogP contribution < -0.4 is 10.2 Å². The summed E-state index contributed by atoms with van der Waals surface area (Å²) < 4.78 is 11.4. The smallest absolute Gasteiger partial charge is 0.314 e. The van der Waals surface area contributed by atoms with Crippen molar-refractivity contribution in [1.82, 2.24) is 0 Å². The van der Waals surface area contributed by atoms with Gasteiger partial charge in [-0.05, 0) is 37.5 Å².